The van der Waals surface area contributed by atoms with E-state index in [2.05, 4.69) is 0 Å². The highest BCUT2D eigenvalue weighted by atomic mass is 16.7. The van der Waals surface area contributed by atoms with Gasteiger partial charge in [0.25, 0.3) is 0 Å². The second-order valence-corrected chi connectivity index (χ2v) is 7.76. The Morgan fingerprint density at radius 1 is 0.828 bits per heavy atom. The lowest BCUT2D eigenvalue weighted by Crippen LogP contribution is -2.42. The normalized spacial score (nSPS) is 22.1. The van der Waals surface area contributed by atoms with Crippen molar-refractivity contribution < 1.29 is 42.9 Å². The Balaban J connectivity index is 3.08. The molecule has 165 valence electrons. The Bertz CT molecular complexity index is 597. The van der Waals surface area contributed by atoms with Crippen LogP contribution in [0.3, 0.4) is 0 Å². The molecule has 1 aliphatic heterocycles. The van der Waals surface area contributed by atoms with Crippen LogP contribution in [0, 0.1) is 23.9 Å². The van der Waals surface area contributed by atoms with Crippen molar-refractivity contribution in [2.45, 2.75) is 66.8 Å². The van der Waals surface area contributed by atoms with Crippen molar-refractivity contribution in [3.8, 4) is 0 Å². The predicted molar refractivity (Wildman–Crippen MR) is 100.0 cm³/mol. The summed E-state index contributed by atoms with van der Waals surface area (Å²) in [5.41, 5.74) is 0. The summed E-state index contributed by atoms with van der Waals surface area (Å²) >= 11 is 0. The quantitative estimate of drug-likeness (QED) is 0.411. The minimum atomic E-state index is -1.09. The maximum absolute atomic E-state index is 12.2. The van der Waals surface area contributed by atoms with E-state index in [1.807, 2.05) is 0 Å². The summed E-state index contributed by atoms with van der Waals surface area (Å²) in [6.07, 6.45) is -2.92. The van der Waals surface area contributed by atoms with E-state index in [0.717, 1.165) is 0 Å². The first kappa shape index (κ1) is 24.9. The van der Waals surface area contributed by atoms with Gasteiger partial charge in [0.05, 0.1) is 17.8 Å². The lowest BCUT2D eigenvalue weighted by molar-refractivity contribution is -0.171. The van der Waals surface area contributed by atoms with Crippen LogP contribution in [0.5, 0.6) is 0 Å². The molecule has 1 aliphatic rings. The average molecular weight is 415 g/mol. The molecule has 0 bridgehead atoms. The highest BCUT2D eigenvalue weighted by Crippen LogP contribution is 2.33. The van der Waals surface area contributed by atoms with E-state index in [1.54, 1.807) is 41.5 Å². The molecule has 29 heavy (non-hydrogen) atoms. The minimum absolute atomic E-state index is 0.117. The second kappa shape index (κ2) is 11.1. The highest BCUT2D eigenvalue weighted by molar-refractivity contribution is 5.73. The van der Waals surface area contributed by atoms with Crippen molar-refractivity contribution >= 4 is 23.9 Å². The van der Waals surface area contributed by atoms with Crippen LogP contribution in [0.25, 0.3) is 0 Å². The molecular formula is C20H31O9. The Labute approximate surface area is 171 Å². The SMILES string of the molecule is CC(=O)OC[C@H]1O[C](COC(=O)C(C)C)[C@@H](OC(=O)C(C)C)[C@@H]1OC(=O)C(C)C. The molecule has 0 aromatic carbocycles. The molecule has 0 unspecified atom stereocenters. The van der Waals surface area contributed by atoms with Gasteiger partial charge in [-0.1, -0.05) is 41.5 Å². The molecule has 0 aromatic rings. The van der Waals surface area contributed by atoms with Crippen LogP contribution < -0.4 is 0 Å². The third-order valence-electron chi connectivity index (χ3n) is 4.00. The number of hydrogen-bond acceptors (Lipinski definition) is 9. The van der Waals surface area contributed by atoms with Crippen molar-refractivity contribution in [2.24, 2.45) is 17.8 Å². The van der Waals surface area contributed by atoms with Gasteiger partial charge in [0.2, 0.25) is 0 Å². The summed E-state index contributed by atoms with van der Waals surface area (Å²) < 4.78 is 26.9. The zero-order chi connectivity index (χ0) is 22.3. The molecule has 1 radical (unpaired) electrons. The Morgan fingerprint density at radius 2 is 1.34 bits per heavy atom. The van der Waals surface area contributed by atoms with Gasteiger partial charge in [-0.2, -0.15) is 0 Å². The summed E-state index contributed by atoms with van der Waals surface area (Å²) in [5, 5.41) is 0. The number of carbonyl (C=O) groups excluding carboxylic acids is 4. The topological polar surface area (TPSA) is 114 Å². The van der Waals surface area contributed by atoms with Gasteiger partial charge < -0.3 is 23.7 Å². The van der Waals surface area contributed by atoms with Crippen molar-refractivity contribution in [3.05, 3.63) is 6.10 Å². The average Bonchev–Trinajstić information content (AvgIpc) is 2.94. The van der Waals surface area contributed by atoms with E-state index >= 15 is 0 Å². The smallest absolute Gasteiger partial charge is 0.308 e. The molecule has 3 atom stereocenters. The van der Waals surface area contributed by atoms with E-state index in [9.17, 15) is 19.2 Å². The summed E-state index contributed by atoms with van der Waals surface area (Å²) in [7, 11) is 0. The zero-order valence-electron chi connectivity index (χ0n) is 18.1. The lowest BCUT2D eigenvalue weighted by atomic mass is 10.1. The Kier molecular flexibility index (Phi) is 9.55. The standard InChI is InChI=1S/C20H31O9/c1-10(2)18(22)26-9-15-17(29-20(24)12(5)6)16(28-19(23)11(3)4)14(27-15)8-25-13(7)21/h10-12,14,16-17H,8-9H2,1-7H3/t14-,16-,17-/m1/s1. The van der Waals surface area contributed by atoms with Gasteiger partial charge >= 0.3 is 23.9 Å². The molecule has 0 saturated carbocycles. The fourth-order valence-corrected chi connectivity index (χ4v) is 2.26. The van der Waals surface area contributed by atoms with Crippen molar-refractivity contribution in [1.29, 1.82) is 0 Å². The van der Waals surface area contributed by atoms with Gasteiger partial charge in [-0.05, 0) is 0 Å². The maximum Gasteiger partial charge on any atom is 0.308 e. The Morgan fingerprint density at radius 3 is 1.83 bits per heavy atom. The third-order valence-corrected chi connectivity index (χ3v) is 4.00. The molecule has 0 aliphatic carbocycles. The second-order valence-electron chi connectivity index (χ2n) is 7.76. The van der Waals surface area contributed by atoms with Crippen LogP contribution in [0.4, 0.5) is 0 Å². The summed E-state index contributed by atoms with van der Waals surface area (Å²) in [4.78, 5) is 47.4. The van der Waals surface area contributed by atoms with E-state index in [1.165, 1.54) is 6.92 Å². The molecule has 0 spiro atoms. The molecule has 1 heterocycles. The molecule has 0 amide bonds. The summed E-state index contributed by atoms with van der Waals surface area (Å²) in [6, 6.07) is 0. The first-order valence-electron chi connectivity index (χ1n) is 9.67. The highest BCUT2D eigenvalue weighted by Gasteiger charge is 2.51. The van der Waals surface area contributed by atoms with Crippen LogP contribution in [-0.2, 0) is 42.9 Å². The van der Waals surface area contributed by atoms with Crippen LogP contribution in [0.15, 0.2) is 0 Å². The fourth-order valence-electron chi connectivity index (χ4n) is 2.26. The first-order valence-corrected chi connectivity index (χ1v) is 9.67. The van der Waals surface area contributed by atoms with Gasteiger partial charge in [-0.15, -0.1) is 0 Å². The lowest BCUT2D eigenvalue weighted by Gasteiger charge is -2.25. The van der Waals surface area contributed by atoms with Gasteiger partial charge in [-0.25, -0.2) is 0 Å². The zero-order valence-corrected chi connectivity index (χ0v) is 18.1. The van der Waals surface area contributed by atoms with E-state index < -0.39 is 54.0 Å². The third kappa shape index (κ3) is 7.64. The number of rotatable bonds is 9. The molecule has 1 fully saturated rings. The van der Waals surface area contributed by atoms with Gasteiger partial charge in [0, 0.05) is 6.92 Å². The molecule has 0 aromatic heterocycles. The number of carbonyl (C=O) groups is 4. The molecule has 9 nitrogen and oxygen atoms in total. The van der Waals surface area contributed by atoms with Crippen molar-refractivity contribution in [2.75, 3.05) is 13.2 Å². The molecular weight excluding hydrogens is 384 g/mol. The predicted octanol–water partition coefficient (Wildman–Crippen LogP) is 1.82. The number of hydrogen-bond donors (Lipinski definition) is 0. The van der Waals surface area contributed by atoms with Crippen LogP contribution >= 0.6 is 0 Å². The van der Waals surface area contributed by atoms with Crippen LogP contribution in [0.2, 0.25) is 0 Å². The number of ether oxygens (including phenoxy) is 5. The summed E-state index contributed by atoms with van der Waals surface area (Å²) in [6.45, 7) is 10.7. The van der Waals surface area contributed by atoms with E-state index in [0.29, 0.717) is 0 Å². The van der Waals surface area contributed by atoms with Crippen molar-refractivity contribution in [1.82, 2.24) is 0 Å². The Hall–Kier alpha value is -2.16. The van der Waals surface area contributed by atoms with Gasteiger partial charge in [0.15, 0.2) is 18.3 Å². The van der Waals surface area contributed by atoms with E-state index in [4.69, 9.17) is 23.7 Å². The summed E-state index contributed by atoms with van der Waals surface area (Å²) in [5.74, 6) is -3.31. The first-order chi connectivity index (χ1) is 13.4. The monoisotopic (exact) mass is 415 g/mol. The maximum atomic E-state index is 12.2. The van der Waals surface area contributed by atoms with Gasteiger partial charge in [0.1, 0.15) is 19.3 Å². The van der Waals surface area contributed by atoms with Crippen molar-refractivity contribution in [3.63, 3.8) is 0 Å². The largest absolute Gasteiger partial charge is 0.463 e. The molecule has 0 N–H and O–H groups in total. The fraction of sp³-hybridized carbons (Fsp3) is 0.750. The van der Waals surface area contributed by atoms with Crippen LogP contribution in [0.1, 0.15) is 48.5 Å². The molecule has 1 rings (SSSR count). The minimum Gasteiger partial charge on any atom is -0.463 e. The molecule has 1 saturated heterocycles. The van der Waals surface area contributed by atoms with E-state index in [-0.39, 0.29) is 25.2 Å². The van der Waals surface area contributed by atoms with Gasteiger partial charge in [-0.3, -0.25) is 19.2 Å². The molecule has 9 heteroatoms. The van der Waals surface area contributed by atoms with Crippen LogP contribution in [-0.4, -0.2) is 55.4 Å². The number of esters is 4.